The molecule has 6 nitrogen and oxygen atoms in total. The summed E-state index contributed by atoms with van der Waals surface area (Å²) in [4.78, 5) is 18.5. The van der Waals surface area contributed by atoms with E-state index in [2.05, 4.69) is 15.5 Å². The van der Waals surface area contributed by atoms with Crippen LogP contribution in [0.25, 0.3) is 11.4 Å². The molecule has 1 amide bonds. The van der Waals surface area contributed by atoms with Crippen molar-refractivity contribution >= 4 is 23.2 Å². The van der Waals surface area contributed by atoms with E-state index in [0.29, 0.717) is 28.8 Å². The molecule has 0 saturated carbocycles. The summed E-state index contributed by atoms with van der Waals surface area (Å²) in [6.45, 7) is 1.02. The molecule has 27 heavy (non-hydrogen) atoms. The summed E-state index contributed by atoms with van der Waals surface area (Å²) in [5, 5.41) is 7.36. The number of para-hydroxylation sites is 1. The number of amides is 1. The number of carbonyl (C=O) groups excluding carboxylic acids is 1. The summed E-state index contributed by atoms with van der Waals surface area (Å²) < 4.78 is 5.30. The van der Waals surface area contributed by atoms with Gasteiger partial charge < -0.3 is 9.84 Å². The van der Waals surface area contributed by atoms with Gasteiger partial charge >= 0.3 is 0 Å². The number of nitrogens with one attached hydrogen (secondary N) is 1. The van der Waals surface area contributed by atoms with Crippen LogP contribution in [0.3, 0.4) is 0 Å². The van der Waals surface area contributed by atoms with Gasteiger partial charge in [-0.1, -0.05) is 59.2 Å². The SMILES string of the molecule is CN(CCCc1nc(-c2ccccc2)no1)CC(=O)Nc1ccccc1Cl. The van der Waals surface area contributed by atoms with E-state index in [1.165, 1.54) is 0 Å². The van der Waals surface area contributed by atoms with E-state index in [1.54, 1.807) is 12.1 Å². The third-order valence-electron chi connectivity index (χ3n) is 3.99. The molecule has 3 rings (SSSR count). The maximum absolute atomic E-state index is 12.1. The molecule has 2 aromatic carbocycles. The molecule has 0 bridgehead atoms. The van der Waals surface area contributed by atoms with E-state index in [-0.39, 0.29) is 12.5 Å². The van der Waals surface area contributed by atoms with Gasteiger partial charge in [-0.2, -0.15) is 4.98 Å². The molecule has 3 aromatic rings. The molecule has 0 unspecified atom stereocenters. The van der Waals surface area contributed by atoms with Crippen molar-refractivity contribution in [2.45, 2.75) is 12.8 Å². The summed E-state index contributed by atoms with van der Waals surface area (Å²) in [7, 11) is 1.90. The van der Waals surface area contributed by atoms with Crippen LogP contribution >= 0.6 is 11.6 Å². The summed E-state index contributed by atoms with van der Waals surface area (Å²) in [6.07, 6.45) is 1.47. The predicted octanol–water partition coefficient (Wildman–Crippen LogP) is 3.89. The van der Waals surface area contributed by atoms with Crippen LogP contribution in [0.4, 0.5) is 5.69 Å². The van der Waals surface area contributed by atoms with E-state index < -0.39 is 0 Å². The summed E-state index contributed by atoms with van der Waals surface area (Å²) >= 11 is 6.05. The molecular weight excluding hydrogens is 364 g/mol. The Bertz CT molecular complexity index is 882. The van der Waals surface area contributed by atoms with E-state index in [1.807, 2.05) is 54.4 Å². The molecule has 0 spiro atoms. The molecule has 0 fully saturated rings. The molecule has 1 N–H and O–H groups in total. The van der Waals surface area contributed by atoms with Crippen LogP contribution in [-0.2, 0) is 11.2 Å². The second-order valence-corrected chi connectivity index (χ2v) is 6.65. The zero-order chi connectivity index (χ0) is 19.1. The Labute approximate surface area is 163 Å². The molecule has 1 aromatic heterocycles. The van der Waals surface area contributed by atoms with Crippen molar-refractivity contribution in [1.29, 1.82) is 0 Å². The molecule has 7 heteroatoms. The zero-order valence-electron chi connectivity index (χ0n) is 15.1. The van der Waals surface area contributed by atoms with Crippen LogP contribution in [0.5, 0.6) is 0 Å². The van der Waals surface area contributed by atoms with Gasteiger partial charge in [-0.3, -0.25) is 9.69 Å². The van der Waals surface area contributed by atoms with Crippen molar-refractivity contribution < 1.29 is 9.32 Å². The fourth-order valence-corrected chi connectivity index (χ4v) is 2.82. The van der Waals surface area contributed by atoms with Crippen molar-refractivity contribution in [1.82, 2.24) is 15.0 Å². The second kappa shape index (κ2) is 9.30. The molecule has 0 saturated heterocycles. The lowest BCUT2D eigenvalue weighted by molar-refractivity contribution is -0.117. The van der Waals surface area contributed by atoms with Crippen molar-refractivity contribution in [2.24, 2.45) is 0 Å². The number of aromatic nitrogens is 2. The van der Waals surface area contributed by atoms with E-state index in [9.17, 15) is 4.79 Å². The zero-order valence-corrected chi connectivity index (χ0v) is 15.8. The van der Waals surface area contributed by atoms with E-state index in [0.717, 1.165) is 18.5 Å². The first kappa shape index (κ1) is 19.1. The Morgan fingerprint density at radius 1 is 1.15 bits per heavy atom. The smallest absolute Gasteiger partial charge is 0.238 e. The highest BCUT2D eigenvalue weighted by Crippen LogP contribution is 2.20. The highest BCUT2D eigenvalue weighted by atomic mass is 35.5. The number of rotatable bonds is 8. The van der Waals surface area contributed by atoms with Gasteiger partial charge in [0.25, 0.3) is 0 Å². The number of nitrogens with zero attached hydrogens (tertiary/aromatic N) is 3. The van der Waals surface area contributed by atoms with Crippen LogP contribution in [0.2, 0.25) is 5.02 Å². The number of anilines is 1. The Hall–Kier alpha value is -2.70. The van der Waals surface area contributed by atoms with Crippen LogP contribution < -0.4 is 5.32 Å². The maximum Gasteiger partial charge on any atom is 0.238 e. The number of hydrogen-bond donors (Lipinski definition) is 1. The number of halogens is 1. The van der Waals surface area contributed by atoms with Gasteiger partial charge in [-0.15, -0.1) is 0 Å². The highest BCUT2D eigenvalue weighted by Gasteiger charge is 2.11. The molecule has 0 radical (unpaired) electrons. The van der Waals surface area contributed by atoms with Crippen LogP contribution in [-0.4, -0.2) is 41.1 Å². The summed E-state index contributed by atoms with van der Waals surface area (Å²) in [6, 6.07) is 16.9. The quantitative estimate of drug-likeness (QED) is 0.637. The average molecular weight is 385 g/mol. The van der Waals surface area contributed by atoms with E-state index >= 15 is 0 Å². The fraction of sp³-hybridized carbons (Fsp3) is 0.250. The molecule has 0 aliphatic rings. The van der Waals surface area contributed by atoms with Gasteiger partial charge in [0.1, 0.15) is 0 Å². The topological polar surface area (TPSA) is 71.3 Å². The van der Waals surface area contributed by atoms with Gasteiger partial charge in [0.2, 0.25) is 17.6 Å². The minimum atomic E-state index is -0.102. The highest BCUT2D eigenvalue weighted by molar-refractivity contribution is 6.33. The Kier molecular flexibility index (Phi) is 6.57. The summed E-state index contributed by atoms with van der Waals surface area (Å²) in [5.41, 5.74) is 1.55. The van der Waals surface area contributed by atoms with Crippen LogP contribution in [0, 0.1) is 0 Å². The lowest BCUT2D eigenvalue weighted by atomic mass is 10.2. The monoisotopic (exact) mass is 384 g/mol. The molecule has 1 heterocycles. The van der Waals surface area contributed by atoms with Crippen molar-refractivity contribution in [2.75, 3.05) is 25.5 Å². The number of likely N-dealkylation sites (N-methyl/N-ethyl adjacent to an activating group) is 1. The largest absolute Gasteiger partial charge is 0.339 e. The van der Waals surface area contributed by atoms with Gasteiger partial charge in [-0.05, 0) is 32.1 Å². The number of carbonyl (C=O) groups is 1. The van der Waals surface area contributed by atoms with Crippen molar-refractivity contribution in [3.05, 3.63) is 65.5 Å². The van der Waals surface area contributed by atoms with Crippen molar-refractivity contribution in [3.63, 3.8) is 0 Å². The minimum Gasteiger partial charge on any atom is -0.339 e. The first-order chi connectivity index (χ1) is 13.1. The van der Waals surface area contributed by atoms with Crippen molar-refractivity contribution in [3.8, 4) is 11.4 Å². The molecule has 0 aliphatic heterocycles. The third-order valence-corrected chi connectivity index (χ3v) is 4.32. The third kappa shape index (κ3) is 5.64. The summed E-state index contributed by atoms with van der Waals surface area (Å²) in [5.74, 6) is 1.09. The van der Waals surface area contributed by atoms with Gasteiger partial charge in [0, 0.05) is 12.0 Å². The molecule has 0 aliphatic carbocycles. The number of benzene rings is 2. The van der Waals surface area contributed by atoms with E-state index in [4.69, 9.17) is 16.1 Å². The lowest BCUT2D eigenvalue weighted by Crippen LogP contribution is -2.31. The second-order valence-electron chi connectivity index (χ2n) is 6.25. The van der Waals surface area contributed by atoms with Crippen LogP contribution in [0.1, 0.15) is 12.3 Å². The Balaban J connectivity index is 1.42. The Morgan fingerprint density at radius 3 is 2.67 bits per heavy atom. The molecule has 0 atom stereocenters. The first-order valence-corrected chi connectivity index (χ1v) is 9.10. The molecular formula is C20H21ClN4O2. The fourth-order valence-electron chi connectivity index (χ4n) is 2.64. The number of hydrogen-bond acceptors (Lipinski definition) is 5. The normalized spacial score (nSPS) is 10.9. The maximum atomic E-state index is 12.1. The predicted molar refractivity (Wildman–Crippen MR) is 106 cm³/mol. The van der Waals surface area contributed by atoms with Crippen LogP contribution in [0.15, 0.2) is 59.1 Å². The Morgan fingerprint density at radius 2 is 1.89 bits per heavy atom. The average Bonchev–Trinajstić information content (AvgIpc) is 3.13. The first-order valence-electron chi connectivity index (χ1n) is 8.73. The minimum absolute atomic E-state index is 0.102. The molecule has 140 valence electrons. The van der Waals surface area contributed by atoms with Gasteiger partial charge in [-0.25, -0.2) is 0 Å². The lowest BCUT2D eigenvalue weighted by Gasteiger charge is -2.16. The standard InChI is InChI=1S/C20H21ClN4O2/c1-25(14-18(26)22-17-11-6-5-10-16(17)21)13-7-12-19-23-20(24-27-19)15-8-3-2-4-9-15/h2-6,8-11H,7,12-14H2,1H3,(H,22,26). The van der Waals surface area contributed by atoms with Gasteiger partial charge in [0.05, 0.1) is 17.3 Å². The van der Waals surface area contributed by atoms with Gasteiger partial charge in [0.15, 0.2) is 0 Å². The number of aryl methyl sites for hydroxylation is 1.